The van der Waals surface area contributed by atoms with Gasteiger partial charge in [-0.3, -0.25) is 9.69 Å². The molecule has 0 saturated carbocycles. The third-order valence-corrected chi connectivity index (χ3v) is 4.08. The maximum absolute atomic E-state index is 12.5. The first-order valence-electron chi connectivity index (χ1n) is 8.02. The summed E-state index contributed by atoms with van der Waals surface area (Å²) in [5, 5.41) is 2.67. The fourth-order valence-electron chi connectivity index (χ4n) is 2.90. The van der Waals surface area contributed by atoms with Crippen LogP contribution in [-0.2, 0) is 11.3 Å². The lowest BCUT2D eigenvalue weighted by Gasteiger charge is -2.11. The Hall–Kier alpha value is -2.82. The summed E-state index contributed by atoms with van der Waals surface area (Å²) in [6.07, 6.45) is 3.73. The summed E-state index contributed by atoms with van der Waals surface area (Å²) in [4.78, 5) is 25.9. The molecule has 1 aliphatic rings. The van der Waals surface area contributed by atoms with Gasteiger partial charge in [-0.2, -0.15) is 0 Å². The largest absolute Gasteiger partial charge is 0.349 e. The highest BCUT2D eigenvalue weighted by molar-refractivity contribution is 6.13. The minimum Gasteiger partial charge on any atom is -0.349 e. The zero-order valence-corrected chi connectivity index (χ0v) is 14.1. The van der Waals surface area contributed by atoms with Gasteiger partial charge in [0.2, 0.25) is 0 Å². The molecule has 2 aromatic rings. The lowest BCUT2D eigenvalue weighted by atomic mass is 10.2. The molecule has 1 aliphatic heterocycles. The number of aromatic nitrogens is 1. The van der Waals surface area contributed by atoms with Crippen molar-refractivity contribution in [1.82, 2.24) is 14.8 Å². The van der Waals surface area contributed by atoms with E-state index < -0.39 is 0 Å². The van der Waals surface area contributed by atoms with Crippen LogP contribution in [0.2, 0.25) is 0 Å². The third-order valence-electron chi connectivity index (χ3n) is 4.08. The van der Waals surface area contributed by atoms with Crippen LogP contribution in [0.4, 0.5) is 4.79 Å². The zero-order valence-electron chi connectivity index (χ0n) is 14.1. The van der Waals surface area contributed by atoms with E-state index in [1.807, 2.05) is 49.5 Å². The smallest absolute Gasteiger partial charge is 0.329 e. The van der Waals surface area contributed by atoms with E-state index in [1.54, 1.807) is 6.08 Å². The summed E-state index contributed by atoms with van der Waals surface area (Å²) in [7, 11) is 0. The first-order chi connectivity index (χ1) is 11.5. The Labute approximate surface area is 141 Å². The van der Waals surface area contributed by atoms with Crippen LogP contribution in [0.1, 0.15) is 36.7 Å². The number of amides is 3. The Bertz CT molecular complexity index is 803. The second-order valence-corrected chi connectivity index (χ2v) is 6.28. The standard InChI is InChI=1S/C19H21N3O2/c1-13(2)21-12-16(9-14(21)3)10-17-18(23)22(19(24)20-17)11-15-7-5-4-6-8-15/h4-10,12-13H,11H2,1-3H3,(H,20,24)/b17-10+. The van der Waals surface area contributed by atoms with E-state index in [-0.39, 0.29) is 18.5 Å². The average molecular weight is 323 g/mol. The first-order valence-corrected chi connectivity index (χ1v) is 8.02. The topological polar surface area (TPSA) is 54.3 Å². The Morgan fingerprint density at radius 1 is 1.17 bits per heavy atom. The van der Waals surface area contributed by atoms with Crippen molar-refractivity contribution in [2.24, 2.45) is 0 Å². The summed E-state index contributed by atoms with van der Waals surface area (Å²) in [6.45, 7) is 6.51. The molecule has 1 N–H and O–H groups in total. The van der Waals surface area contributed by atoms with Gasteiger partial charge in [-0.25, -0.2) is 4.79 Å². The third kappa shape index (κ3) is 3.11. The molecule has 1 aromatic carbocycles. The quantitative estimate of drug-likeness (QED) is 0.692. The molecule has 1 saturated heterocycles. The molecule has 3 rings (SSSR count). The molecule has 0 aliphatic carbocycles. The molecular weight excluding hydrogens is 302 g/mol. The van der Waals surface area contributed by atoms with E-state index in [2.05, 4.69) is 23.7 Å². The minimum atomic E-state index is -0.380. The molecule has 2 heterocycles. The zero-order chi connectivity index (χ0) is 17.3. The molecular formula is C19H21N3O2. The Morgan fingerprint density at radius 2 is 1.88 bits per heavy atom. The van der Waals surface area contributed by atoms with Crippen LogP contribution < -0.4 is 5.32 Å². The van der Waals surface area contributed by atoms with Crippen LogP contribution in [0, 0.1) is 6.92 Å². The summed E-state index contributed by atoms with van der Waals surface area (Å²) in [5.41, 5.74) is 3.27. The van der Waals surface area contributed by atoms with Gasteiger partial charge in [0.05, 0.1) is 6.54 Å². The van der Waals surface area contributed by atoms with Crippen LogP contribution in [0.15, 0.2) is 48.3 Å². The Morgan fingerprint density at radius 3 is 2.50 bits per heavy atom. The molecule has 5 nitrogen and oxygen atoms in total. The van der Waals surface area contributed by atoms with Crippen LogP contribution in [0.25, 0.3) is 6.08 Å². The van der Waals surface area contributed by atoms with Crippen molar-refractivity contribution in [2.45, 2.75) is 33.4 Å². The number of nitrogens with zero attached hydrogens (tertiary/aromatic N) is 2. The van der Waals surface area contributed by atoms with Gasteiger partial charge in [0.1, 0.15) is 5.70 Å². The maximum atomic E-state index is 12.5. The van der Waals surface area contributed by atoms with E-state index in [9.17, 15) is 9.59 Å². The second-order valence-electron chi connectivity index (χ2n) is 6.28. The number of hydrogen-bond acceptors (Lipinski definition) is 2. The van der Waals surface area contributed by atoms with Crippen LogP contribution in [-0.4, -0.2) is 21.4 Å². The molecule has 0 atom stereocenters. The molecule has 0 unspecified atom stereocenters. The van der Waals surface area contributed by atoms with Gasteiger partial charge in [0.15, 0.2) is 0 Å². The molecule has 3 amide bonds. The fraction of sp³-hybridized carbons (Fsp3) is 0.263. The minimum absolute atomic E-state index is 0.273. The van der Waals surface area contributed by atoms with Crippen molar-refractivity contribution in [1.29, 1.82) is 0 Å². The fourth-order valence-corrected chi connectivity index (χ4v) is 2.90. The number of hydrogen-bond donors (Lipinski definition) is 1. The van der Waals surface area contributed by atoms with Crippen LogP contribution in [0.3, 0.4) is 0 Å². The molecule has 0 radical (unpaired) electrons. The Kier molecular flexibility index (Phi) is 4.25. The van der Waals surface area contributed by atoms with Crippen molar-refractivity contribution < 1.29 is 9.59 Å². The van der Waals surface area contributed by atoms with Crippen LogP contribution in [0.5, 0.6) is 0 Å². The number of carbonyl (C=O) groups excluding carboxylic acids is 2. The van der Waals surface area contributed by atoms with Gasteiger partial charge in [-0.1, -0.05) is 30.3 Å². The predicted octanol–water partition coefficient (Wildman–Crippen LogP) is 3.47. The number of imide groups is 1. The number of urea groups is 1. The molecule has 1 fully saturated rings. The number of rotatable bonds is 4. The van der Waals surface area contributed by atoms with Gasteiger partial charge in [0.25, 0.3) is 5.91 Å². The van der Waals surface area contributed by atoms with E-state index in [0.29, 0.717) is 11.7 Å². The summed E-state index contributed by atoms with van der Waals surface area (Å²) >= 11 is 0. The van der Waals surface area contributed by atoms with E-state index in [4.69, 9.17) is 0 Å². The highest BCUT2D eigenvalue weighted by atomic mass is 16.2. The van der Waals surface area contributed by atoms with Crippen LogP contribution >= 0.6 is 0 Å². The lowest BCUT2D eigenvalue weighted by Crippen LogP contribution is -2.30. The van der Waals surface area contributed by atoms with Crippen molar-refractivity contribution in [3.8, 4) is 0 Å². The molecule has 124 valence electrons. The predicted molar refractivity (Wildman–Crippen MR) is 93.1 cm³/mol. The number of benzene rings is 1. The second kappa shape index (κ2) is 6.35. The van der Waals surface area contributed by atoms with Crippen molar-refractivity contribution in [3.05, 3.63) is 65.1 Å². The SMILES string of the molecule is Cc1cc(/C=C2/NC(=O)N(Cc3ccccc3)C2=O)cn1C(C)C. The average Bonchev–Trinajstić information content (AvgIpc) is 3.04. The van der Waals surface area contributed by atoms with Gasteiger partial charge in [-0.15, -0.1) is 0 Å². The summed E-state index contributed by atoms with van der Waals surface area (Å²) in [5.74, 6) is -0.293. The number of nitrogens with one attached hydrogen (secondary N) is 1. The van der Waals surface area contributed by atoms with Gasteiger partial charge >= 0.3 is 6.03 Å². The molecule has 5 heteroatoms. The van der Waals surface area contributed by atoms with Crippen molar-refractivity contribution in [3.63, 3.8) is 0 Å². The van der Waals surface area contributed by atoms with Gasteiger partial charge in [0, 0.05) is 17.9 Å². The van der Waals surface area contributed by atoms with E-state index in [1.165, 1.54) is 4.90 Å². The normalized spacial score (nSPS) is 16.3. The summed E-state index contributed by atoms with van der Waals surface area (Å²) < 4.78 is 2.13. The van der Waals surface area contributed by atoms with E-state index >= 15 is 0 Å². The highest BCUT2D eigenvalue weighted by Gasteiger charge is 2.33. The van der Waals surface area contributed by atoms with Gasteiger partial charge < -0.3 is 9.88 Å². The first kappa shape index (κ1) is 16.1. The highest BCUT2D eigenvalue weighted by Crippen LogP contribution is 2.20. The Balaban J connectivity index is 1.82. The summed E-state index contributed by atoms with van der Waals surface area (Å²) in [6, 6.07) is 11.5. The number of carbonyl (C=O) groups is 2. The molecule has 0 spiro atoms. The maximum Gasteiger partial charge on any atom is 0.329 e. The molecule has 0 bridgehead atoms. The molecule has 1 aromatic heterocycles. The van der Waals surface area contributed by atoms with E-state index in [0.717, 1.165) is 16.8 Å². The molecule has 24 heavy (non-hydrogen) atoms. The number of aryl methyl sites for hydroxylation is 1. The van der Waals surface area contributed by atoms with Crippen molar-refractivity contribution >= 4 is 18.0 Å². The van der Waals surface area contributed by atoms with Crippen molar-refractivity contribution in [2.75, 3.05) is 0 Å². The monoisotopic (exact) mass is 323 g/mol. The lowest BCUT2D eigenvalue weighted by molar-refractivity contribution is -0.123. The van der Waals surface area contributed by atoms with Gasteiger partial charge in [-0.05, 0) is 44.0 Å².